The highest BCUT2D eigenvalue weighted by atomic mass is 16.5. The predicted molar refractivity (Wildman–Crippen MR) is 107 cm³/mol. The van der Waals surface area contributed by atoms with Gasteiger partial charge in [-0.2, -0.15) is 0 Å². The predicted octanol–water partition coefficient (Wildman–Crippen LogP) is 3.49. The molecule has 1 aromatic heterocycles. The first-order valence-corrected chi connectivity index (χ1v) is 10.2. The van der Waals surface area contributed by atoms with E-state index in [0.717, 1.165) is 74.8 Å². The van der Waals surface area contributed by atoms with E-state index in [0.29, 0.717) is 11.8 Å². The van der Waals surface area contributed by atoms with Gasteiger partial charge in [0, 0.05) is 31.7 Å². The molecular weight excluding hydrogens is 354 g/mol. The first kappa shape index (κ1) is 19.0. The Balaban J connectivity index is 1.44. The van der Waals surface area contributed by atoms with E-state index in [1.165, 1.54) is 0 Å². The second-order valence-corrected chi connectivity index (χ2v) is 8.03. The van der Waals surface area contributed by atoms with E-state index in [4.69, 9.17) is 14.1 Å². The second kappa shape index (κ2) is 7.59. The molecule has 1 atom stereocenters. The second-order valence-electron chi connectivity index (χ2n) is 8.03. The Bertz CT molecular complexity index is 845. The maximum Gasteiger partial charge on any atom is 0.230 e. The minimum atomic E-state index is -0.175. The lowest BCUT2D eigenvalue weighted by atomic mass is 9.85. The van der Waals surface area contributed by atoms with Gasteiger partial charge in [-0.05, 0) is 57.0 Å². The molecule has 6 nitrogen and oxygen atoms in total. The van der Waals surface area contributed by atoms with Gasteiger partial charge in [0.2, 0.25) is 11.8 Å². The molecule has 0 N–H and O–H groups in total. The van der Waals surface area contributed by atoms with Crippen molar-refractivity contribution in [2.75, 3.05) is 33.3 Å². The number of aryl methyl sites for hydroxylation is 1. The normalized spacial score (nSPS) is 22.5. The molecule has 1 spiro atoms. The first-order valence-electron chi connectivity index (χ1n) is 10.2. The summed E-state index contributed by atoms with van der Waals surface area (Å²) < 4.78 is 11.1. The summed E-state index contributed by atoms with van der Waals surface area (Å²) in [6, 6.07) is 7.73. The van der Waals surface area contributed by atoms with E-state index in [-0.39, 0.29) is 5.41 Å². The van der Waals surface area contributed by atoms with Crippen LogP contribution in [0.3, 0.4) is 0 Å². The molecule has 3 heterocycles. The van der Waals surface area contributed by atoms with Crippen molar-refractivity contribution in [2.24, 2.45) is 5.41 Å². The van der Waals surface area contributed by atoms with E-state index < -0.39 is 0 Å². The van der Waals surface area contributed by atoms with Gasteiger partial charge in [-0.25, -0.2) is 4.98 Å². The third-order valence-corrected chi connectivity index (χ3v) is 6.13. The van der Waals surface area contributed by atoms with Crippen LogP contribution in [0.5, 0.6) is 5.75 Å². The molecule has 0 radical (unpaired) electrons. The SMILES string of the molecule is CCCN1CCC2(CCN(Cc3nc(-c4ccc(OC)cc4)oc3C)C2)C1=O. The van der Waals surface area contributed by atoms with Gasteiger partial charge in [0.05, 0.1) is 18.2 Å². The van der Waals surface area contributed by atoms with E-state index in [1.54, 1.807) is 7.11 Å². The van der Waals surface area contributed by atoms with E-state index >= 15 is 0 Å². The molecule has 150 valence electrons. The summed E-state index contributed by atoms with van der Waals surface area (Å²) in [5.41, 5.74) is 1.72. The molecule has 2 saturated heterocycles. The zero-order chi connectivity index (χ0) is 19.7. The molecule has 2 aliphatic heterocycles. The van der Waals surface area contributed by atoms with Gasteiger partial charge in [-0.3, -0.25) is 9.69 Å². The number of hydrogen-bond donors (Lipinski definition) is 0. The monoisotopic (exact) mass is 383 g/mol. The lowest BCUT2D eigenvalue weighted by Gasteiger charge is -2.23. The molecule has 1 unspecified atom stereocenters. The molecule has 0 aliphatic carbocycles. The number of methoxy groups -OCH3 is 1. The third-order valence-electron chi connectivity index (χ3n) is 6.13. The Labute approximate surface area is 166 Å². The number of hydrogen-bond acceptors (Lipinski definition) is 5. The number of oxazole rings is 1. The average molecular weight is 383 g/mol. The van der Waals surface area contributed by atoms with Crippen molar-refractivity contribution < 1.29 is 13.9 Å². The van der Waals surface area contributed by atoms with Crippen LogP contribution in [0.2, 0.25) is 0 Å². The number of ether oxygens (including phenoxy) is 1. The minimum absolute atomic E-state index is 0.175. The molecular formula is C22H29N3O3. The third kappa shape index (κ3) is 3.41. The highest BCUT2D eigenvalue weighted by Crippen LogP contribution is 2.41. The van der Waals surface area contributed by atoms with Gasteiger partial charge >= 0.3 is 0 Å². The number of carbonyl (C=O) groups excluding carboxylic acids is 1. The van der Waals surface area contributed by atoms with Crippen LogP contribution in [-0.2, 0) is 11.3 Å². The molecule has 1 amide bonds. The number of likely N-dealkylation sites (tertiary alicyclic amines) is 2. The van der Waals surface area contributed by atoms with Crippen LogP contribution >= 0.6 is 0 Å². The van der Waals surface area contributed by atoms with Gasteiger partial charge < -0.3 is 14.1 Å². The van der Waals surface area contributed by atoms with Gasteiger partial charge in [0.15, 0.2) is 0 Å². The molecule has 0 bridgehead atoms. The van der Waals surface area contributed by atoms with Crippen LogP contribution in [0.4, 0.5) is 0 Å². The lowest BCUT2D eigenvalue weighted by Crippen LogP contribution is -2.37. The summed E-state index contributed by atoms with van der Waals surface area (Å²) in [6.07, 6.45) is 2.96. The fraction of sp³-hybridized carbons (Fsp3) is 0.545. The van der Waals surface area contributed by atoms with E-state index in [2.05, 4.69) is 11.8 Å². The van der Waals surface area contributed by atoms with Crippen LogP contribution in [-0.4, -0.2) is 54.0 Å². The van der Waals surface area contributed by atoms with Crippen molar-refractivity contribution in [3.8, 4) is 17.2 Å². The fourth-order valence-electron chi connectivity index (χ4n) is 4.49. The molecule has 28 heavy (non-hydrogen) atoms. The van der Waals surface area contributed by atoms with Gasteiger partial charge in [0.1, 0.15) is 11.5 Å². The molecule has 1 aromatic carbocycles. The van der Waals surface area contributed by atoms with Crippen LogP contribution in [0.25, 0.3) is 11.5 Å². The molecule has 2 fully saturated rings. The number of benzene rings is 1. The van der Waals surface area contributed by atoms with Crippen LogP contribution < -0.4 is 4.74 Å². The Morgan fingerprint density at radius 3 is 2.68 bits per heavy atom. The minimum Gasteiger partial charge on any atom is -0.497 e. The summed E-state index contributed by atoms with van der Waals surface area (Å²) >= 11 is 0. The first-order chi connectivity index (χ1) is 13.5. The van der Waals surface area contributed by atoms with Gasteiger partial charge in [-0.15, -0.1) is 0 Å². The van der Waals surface area contributed by atoms with Crippen molar-refractivity contribution in [1.82, 2.24) is 14.8 Å². The molecule has 2 aliphatic rings. The maximum atomic E-state index is 12.9. The number of aromatic nitrogens is 1. The highest BCUT2D eigenvalue weighted by Gasteiger charge is 2.50. The standard InChI is InChI=1S/C22H29N3O3/c1-4-11-25-13-10-22(21(25)26)9-12-24(15-22)14-19-16(2)28-20(23-19)17-5-7-18(27-3)8-6-17/h5-8H,4,9-15H2,1-3H3. The Morgan fingerprint density at radius 2 is 1.96 bits per heavy atom. The molecule has 4 rings (SSSR count). The Hall–Kier alpha value is -2.34. The quantitative estimate of drug-likeness (QED) is 0.764. The van der Waals surface area contributed by atoms with Crippen molar-refractivity contribution in [1.29, 1.82) is 0 Å². The zero-order valence-corrected chi connectivity index (χ0v) is 17.0. The molecule has 2 aromatic rings. The fourth-order valence-corrected chi connectivity index (χ4v) is 4.49. The highest BCUT2D eigenvalue weighted by molar-refractivity contribution is 5.85. The van der Waals surface area contributed by atoms with Crippen molar-refractivity contribution in [2.45, 2.75) is 39.7 Å². The Kier molecular flexibility index (Phi) is 5.15. The molecule has 6 heteroatoms. The summed E-state index contributed by atoms with van der Waals surface area (Å²) in [5, 5.41) is 0. The van der Waals surface area contributed by atoms with E-state index in [9.17, 15) is 4.79 Å². The summed E-state index contributed by atoms with van der Waals surface area (Å²) in [6.45, 7) is 8.39. The van der Waals surface area contributed by atoms with Crippen molar-refractivity contribution >= 4 is 5.91 Å². The topological polar surface area (TPSA) is 58.8 Å². The summed E-state index contributed by atoms with van der Waals surface area (Å²) in [4.78, 5) is 22.0. The Morgan fingerprint density at radius 1 is 1.21 bits per heavy atom. The van der Waals surface area contributed by atoms with Crippen LogP contribution in [0, 0.1) is 12.3 Å². The van der Waals surface area contributed by atoms with Crippen LogP contribution in [0.1, 0.15) is 37.6 Å². The van der Waals surface area contributed by atoms with Crippen molar-refractivity contribution in [3.05, 3.63) is 35.7 Å². The van der Waals surface area contributed by atoms with Crippen LogP contribution in [0.15, 0.2) is 28.7 Å². The lowest BCUT2D eigenvalue weighted by molar-refractivity contribution is -0.135. The smallest absolute Gasteiger partial charge is 0.230 e. The van der Waals surface area contributed by atoms with Crippen molar-refractivity contribution in [3.63, 3.8) is 0 Å². The number of nitrogens with zero attached hydrogens (tertiary/aromatic N) is 3. The summed E-state index contributed by atoms with van der Waals surface area (Å²) in [5.74, 6) is 2.65. The number of carbonyl (C=O) groups is 1. The largest absolute Gasteiger partial charge is 0.497 e. The maximum absolute atomic E-state index is 12.9. The average Bonchev–Trinajstić information content (AvgIpc) is 3.37. The zero-order valence-electron chi connectivity index (χ0n) is 17.0. The molecule has 0 saturated carbocycles. The summed E-state index contributed by atoms with van der Waals surface area (Å²) in [7, 11) is 1.65. The van der Waals surface area contributed by atoms with E-state index in [1.807, 2.05) is 36.1 Å². The van der Waals surface area contributed by atoms with Gasteiger partial charge in [0.25, 0.3) is 0 Å². The number of rotatable bonds is 6. The van der Waals surface area contributed by atoms with Gasteiger partial charge in [-0.1, -0.05) is 6.92 Å². The number of amides is 1.